The van der Waals surface area contributed by atoms with E-state index in [1.165, 1.54) is 6.92 Å². The molecule has 0 bridgehead atoms. The molecule has 0 saturated heterocycles. The highest BCUT2D eigenvalue weighted by Crippen LogP contribution is 2.19. The minimum Gasteiger partial charge on any atom is -0.481 e. The van der Waals surface area contributed by atoms with Crippen molar-refractivity contribution in [3.63, 3.8) is 0 Å². The van der Waals surface area contributed by atoms with Gasteiger partial charge in [-0.1, -0.05) is 18.2 Å². The second-order valence-corrected chi connectivity index (χ2v) is 9.22. The minimum atomic E-state index is -1.57. The van der Waals surface area contributed by atoms with Crippen molar-refractivity contribution in [1.29, 1.82) is 0 Å². The third kappa shape index (κ3) is 9.36. The maximum absolute atomic E-state index is 13.2. The van der Waals surface area contributed by atoms with Crippen molar-refractivity contribution in [2.24, 2.45) is 5.73 Å². The summed E-state index contributed by atoms with van der Waals surface area (Å²) in [6, 6.07) is 1.21. The number of amides is 3. The van der Waals surface area contributed by atoms with Gasteiger partial charge in [0.1, 0.15) is 24.2 Å². The molecule has 0 saturated carbocycles. The number of aliphatic hydroxyl groups is 1. The van der Waals surface area contributed by atoms with E-state index in [4.69, 9.17) is 15.9 Å². The third-order valence-corrected chi connectivity index (χ3v) is 6.10. The van der Waals surface area contributed by atoms with E-state index in [1.54, 1.807) is 30.5 Å². The molecule has 2 aromatic rings. The summed E-state index contributed by atoms with van der Waals surface area (Å²) in [6.07, 6.45) is -1.68. The number of hydrogen-bond donors (Lipinski definition) is 9. The van der Waals surface area contributed by atoms with Gasteiger partial charge in [-0.25, -0.2) is 4.79 Å². The Balaban J connectivity index is 2.34. The quantitative estimate of drug-likeness (QED) is 0.116. The summed E-state index contributed by atoms with van der Waals surface area (Å²) in [5.41, 5.74) is 6.92. The number of carboxylic acids is 3. The average Bonchev–Trinajstić information content (AvgIpc) is 3.29. The van der Waals surface area contributed by atoms with E-state index in [0.717, 1.165) is 5.52 Å². The largest absolute Gasteiger partial charge is 0.481 e. The summed E-state index contributed by atoms with van der Waals surface area (Å²) in [5.74, 6) is -6.84. The highest BCUT2D eigenvalue weighted by Gasteiger charge is 2.32. The normalized spacial score (nSPS) is 14.8. The van der Waals surface area contributed by atoms with E-state index >= 15 is 0 Å². The Morgan fingerprint density at radius 3 is 1.93 bits per heavy atom. The summed E-state index contributed by atoms with van der Waals surface area (Å²) >= 11 is 0. The molecule has 3 amide bonds. The number of rotatable bonds is 16. The molecule has 5 atom stereocenters. The van der Waals surface area contributed by atoms with Crippen LogP contribution in [0, 0.1) is 0 Å². The molecule has 5 unspecified atom stereocenters. The fourth-order valence-corrected chi connectivity index (χ4v) is 3.82. The summed E-state index contributed by atoms with van der Waals surface area (Å²) < 4.78 is 0. The van der Waals surface area contributed by atoms with Gasteiger partial charge in [0.15, 0.2) is 0 Å². The van der Waals surface area contributed by atoms with Crippen LogP contribution in [0.15, 0.2) is 30.5 Å². The second kappa shape index (κ2) is 14.6. The van der Waals surface area contributed by atoms with Crippen molar-refractivity contribution in [2.75, 3.05) is 0 Å². The highest BCUT2D eigenvalue weighted by molar-refractivity contribution is 5.95. The lowest BCUT2D eigenvalue weighted by molar-refractivity contribution is -0.143. The van der Waals surface area contributed by atoms with Crippen LogP contribution in [-0.2, 0) is 35.2 Å². The summed E-state index contributed by atoms with van der Waals surface area (Å²) in [5, 5.41) is 44.7. The number of benzene rings is 1. The molecule has 1 aromatic carbocycles. The topological polar surface area (TPSA) is 261 Å². The molecule has 0 aliphatic rings. The molecule has 15 nitrogen and oxygen atoms in total. The van der Waals surface area contributed by atoms with Crippen molar-refractivity contribution in [3.8, 4) is 0 Å². The van der Waals surface area contributed by atoms with E-state index < -0.39 is 85.2 Å². The Bertz CT molecular complexity index is 1240. The van der Waals surface area contributed by atoms with Crippen molar-refractivity contribution in [3.05, 3.63) is 36.0 Å². The first kappa shape index (κ1) is 31.7. The Labute approximate surface area is 228 Å². The first-order chi connectivity index (χ1) is 18.8. The molecule has 1 heterocycles. The molecule has 0 aliphatic heterocycles. The molecule has 10 N–H and O–H groups in total. The summed E-state index contributed by atoms with van der Waals surface area (Å²) in [7, 11) is 0. The molecular weight excluding hydrogens is 530 g/mol. The highest BCUT2D eigenvalue weighted by atomic mass is 16.4. The number of aliphatic carboxylic acids is 3. The molecule has 0 spiro atoms. The van der Waals surface area contributed by atoms with Crippen LogP contribution < -0.4 is 21.7 Å². The molecule has 0 radical (unpaired) electrons. The van der Waals surface area contributed by atoms with Crippen molar-refractivity contribution < 1.29 is 49.2 Å². The van der Waals surface area contributed by atoms with E-state index in [1.807, 2.05) is 0 Å². The first-order valence-electron chi connectivity index (χ1n) is 12.4. The number of H-pyrrole nitrogens is 1. The van der Waals surface area contributed by atoms with Crippen LogP contribution in [0.3, 0.4) is 0 Å². The van der Waals surface area contributed by atoms with Gasteiger partial charge in [-0.15, -0.1) is 0 Å². The molecule has 0 fully saturated rings. The third-order valence-electron chi connectivity index (χ3n) is 6.10. The predicted octanol–water partition coefficient (Wildman–Crippen LogP) is -1.31. The van der Waals surface area contributed by atoms with E-state index in [0.29, 0.717) is 10.9 Å². The lowest BCUT2D eigenvalue weighted by Gasteiger charge is -2.25. The van der Waals surface area contributed by atoms with Gasteiger partial charge >= 0.3 is 17.9 Å². The number of hydrogen-bond acceptors (Lipinski definition) is 8. The Morgan fingerprint density at radius 2 is 1.35 bits per heavy atom. The van der Waals surface area contributed by atoms with E-state index in [9.17, 15) is 39.0 Å². The summed E-state index contributed by atoms with van der Waals surface area (Å²) in [4.78, 5) is 75.6. The van der Waals surface area contributed by atoms with E-state index in [-0.39, 0.29) is 12.8 Å². The number of aromatic nitrogens is 1. The number of fused-ring (bicyclic) bond motifs is 1. The Kier molecular flexibility index (Phi) is 11.6. The molecule has 0 aliphatic carbocycles. The number of carboxylic acid groups (broad SMARTS) is 3. The Hall–Kier alpha value is -4.50. The molecule has 2 rings (SSSR count). The van der Waals surface area contributed by atoms with Gasteiger partial charge in [-0.2, -0.15) is 0 Å². The minimum absolute atomic E-state index is 0.139. The zero-order valence-electron chi connectivity index (χ0n) is 21.6. The zero-order chi connectivity index (χ0) is 30.0. The average molecular weight is 564 g/mol. The van der Waals surface area contributed by atoms with Gasteiger partial charge in [0.2, 0.25) is 17.7 Å². The number of nitrogens with two attached hydrogens (primary N) is 1. The monoisotopic (exact) mass is 563 g/mol. The van der Waals surface area contributed by atoms with Crippen LogP contribution in [-0.4, -0.2) is 91.3 Å². The maximum Gasteiger partial charge on any atom is 0.326 e. The second-order valence-electron chi connectivity index (χ2n) is 9.22. The first-order valence-corrected chi connectivity index (χ1v) is 12.4. The summed E-state index contributed by atoms with van der Waals surface area (Å²) in [6.45, 7) is 1.25. The van der Waals surface area contributed by atoms with Crippen LogP contribution in [0.2, 0.25) is 0 Å². The number of carbonyl (C=O) groups is 6. The van der Waals surface area contributed by atoms with Crippen LogP contribution in [0.5, 0.6) is 0 Å². The lowest BCUT2D eigenvalue weighted by Crippen LogP contribution is -2.58. The number of para-hydroxylation sites is 1. The van der Waals surface area contributed by atoms with Gasteiger partial charge < -0.3 is 47.1 Å². The van der Waals surface area contributed by atoms with Gasteiger partial charge in [-0.3, -0.25) is 24.0 Å². The van der Waals surface area contributed by atoms with Gasteiger partial charge in [-0.05, 0) is 31.4 Å². The van der Waals surface area contributed by atoms with Gasteiger partial charge in [0.25, 0.3) is 0 Å². The van der Waals surface area contributed by atoms with E-state index in [2.05, 4.69) is 20.9 Å². The standard InChI is InChI=1S/C25H33N5O10/c1-12(31)21(26)24(38)28-16(6-8-19(32)33)22(36)30-18(10-13-11-27-15-5-3-2-4-14(13)15)23(37)29-17(25(39)40)7-9-20(34)35/h2-5,11-12,16-18,21,27,31H,6-10,26H2,1H3,(H,28,38)(H,29,37)(H,30,36)(H,32,33)(H,34,35)(H,39,40). The molecular formula is C25H33N5O10. The van der Waals surface area contributed by atoms with Crippen molar-refractivity contribution in [1.82, 2.24) is 20.9 Å². The maximum atomic E-state index is 13.2. The smallest absolute Gasteiger partial charge is 0.326 e. The molecule has 15 heteroatoms. The van der Waals surface area contributed by atoms with Crippen LogP contribution in [0.25, 0.3) is 10.9 Å². The van der Waals surface area contributed by atoms with Crippen LogP contribution >= 0.6 is 0 Å². The number of aliphatic hydroxyl groups excluding tert-OH is 1. The zero-order valence-corrected chi connectivity index (χ0v) is 21.6. The predicted molar refractivity (Wildman–Crippen MR) is 139 cm³/mol. The van der Waals surface area contributed by atoms with Crippen molar-refractivity contribution >= 4 is 46.5 Å². The number of aromatic amines is 1. The lowest BCUT2D eigenvalue weighted by atomic mass is 10.0. The fourth-order valence-electron chi connectivity index (χ4n) is 3.82. The van der Waals surface area contributed by atoms with Crippen LogP contribution in [0.1, 0.15) is 38.2 Å². The SMILES string of the molecule is CC(O)C(N)C(=O)NC(CCC(=O)O)C(=O)NC(Cc1c[nH]c2ccccc12)C(=O)NC(CCC(=O)O)C(=O)O. The molecule has 1 aromatic heterocycles. The fraction of sp³-hybridized carbons (Fsp3) is 0.440. The number of carbonyl (C=O) groups excluding carboxylic acids is 3. The van der Waals surface area contributed by atoms with Gasteiger partial charge in [0.05, 0.1) is 6.10 Å². The number of nitrogens with one attached hydrogen (secondary N) is 4. The molecule has 40 heavy (non-hydrogen) atoms. The van der Waals surface area contributed by atoms with Gasteiger partial charge in [0, 0.05) is 36.4 Å². The van der Waals surface area contributed by atoms with Crippen LogP contribution in [0.4, 0.5) is 0 Å². The Morgan fingerprint density at radius 1 is 0.825 bits per heavy atom. The molecule has 218 valence electrons. The van der Waals surface area contributed by atoms with Crippen molar-refractivity contribution in [2.45, 2.75) is 69.3 Å².